The van der Waals surface area contributed by atoms with Gasteiger partial charge in [-0.25, -0.2) is 4.79 Å². The van der Waals surface area contributed by atoms with Crippen LogP contribution in [-0.4, -0.2) is 18.5 Å². The van der Waals surface area contributed by atoms with Crippen molar-refractivity contribution in [2.24, 2.45) is 5.73 Å². The Bertz CT molecular complexity index is 490. The van der Waals surface area contributed by atoms with Gasteiger partial charge in [-0.1, -0.05) is 24.3 Å². The van der Waals surface area contributed by atoms with E-state index in [2.05, 4.69) is 0 Å². The molecule has 0 bridgehead atoms. The summed E-state index contributed by atoms with van der Waals surface area (Å²) in [4.78, 5) is 21.9. The van der Waals surface area contributed by atoms with E-state index >= 15 is 0 Å². The van der Waals surface area contributed by atoms with Crippen LogP contribution in [0.25, 0.3) is 12.2 Å². The molecule has 0 fully saturated rings. The fourth-order valence-electron chi connectivity index (χ4n) is 1.33. The van der Waals surface area contributed by atoms with Crippen LogP contribution in [0.5, 0.6) is 0 Å². The van der Waals surface area contributed by atoms with Crippen molar-refractivity contribution in [3.05, 3.63) is 47.5 Å². The van der Waals surface area contributed by atoms with Gasteiger partial charge in [-0.15, -0.1) is 0 Å². The third-order valence-electron chi connectivity index (χ3n) is 2.11. The standard InChI is InChI=1S/C14H15NO3/c1-2-18-14(17)10-8-12-6-4-3-5-11(12)7-9-13(15)16/h3-10H,2H2,1H3,(H2,15,16). The van der Waals surface area contributed by atoms with Crippen LogP contribution in [0, 0.1) is 0 Å². The molecule has 1 aromatic rings. The van der Waals surface area contributed by atoms with Gasteiger partial charge in [0.05, 0.1) is 6.61 Å². The smallest absolute Gasteiger partial charge is 0.330 e. The Morgan fingerprint density at radius 1 is 1.17 bits per heavy atom. The minimum Gasteiger partial charge on any atom is -0.463 e. The van der Waals surface area contributed by atoms with E-state index in [1.54, 1.807) is 19.1 Å². The Balaban J connectivity index is 2.88. The molecule has 18 heavy (non-hydrogen) atoms. The van der Waals surface area contributed by atoms with Gasteiger partial charge in [-0.05, 0) is 30.2 Å². The fourth-order valence-corrected chi connectivity index (χ4v) is 1.33. The third kappa shape index (κ3) is 4.65. The molecule has 4 heteroatoms. The maximum absolute atomic E-state index is 11.2. The monoisotopic (exact) mass is 245 g/mol. The van der Waals surface area contributed by atoms with Crippen LogP contribution in [-0.2, 0) is 14.3 Å². The summed E-state index contributed by atoms with van der Waals surface area (Å²) in [5, 5.41) is 0. The van der Waals surface area contributed by atoms with Crippen molar-refractivity contribution in [2.45, 2.75) is 6.92 Å². The number of hydrogen-bond acceptors (Lipinski definition) is 3. The van der Waals surface area contributed by atoms with E-state index in [1.807, 2.05) is 24.3 Å². The first kappa shape index (κ1) is 13.7. The van der Waals surface area contributed by atoms with Crippen LogP contribution in [0.1, 0.15) is 18.1 Å². The molecule has 0 spiro atoms. The number of carbonyl (C=O) groups is 2. The third-order valence-corrected chi connectivity index (χ3v) is 2.11. The molecule has 0 radical (unpaired) electrons. The van der Waals surface area contributed by atoms with Crippen molar-refractivity contribution in [3.63, 3.8) is 0 Å². The number of esters is 1. The van der Waals surface area contributed by atoms with Gasteiger partial charge < -0.3 is 10.5 Å². The maximum Gasteiger partial charge on any atom is 0.330 e. The van der Waals surface area contributed by atoms with Gasteiger partial charge in [0, 0.05) is 12.2 Å². The highest BCUT2D eigenvalue weighted by molar-refractivity contribution is 5.92. The molecule has 0 aliphatic rings. The lowest BCUT2D eigenvalue weighted by Crippen LogP contribution is -2.05. The van der Waals surface area contributed by atoms with E-state index in [0.29, 0.717) is 6.61 Å². The summed E-state index contributed by atoms with van der Waals surface area (Å²) in [6.07, 6.45) is 5.86. The SMILES string of the molecule is CCOC(=O)C=Cc1ccccc1C=CC(N)=O. The lowest BCUT2D eigenvalue weighted by atomic mass is 10.1. The van der Waals surface area contributed by atoms with E-state index < -0.39 is 11.9 Å². The molecule has 1 amide bonds. The summed E-state index contributed by atoms with van der Waals surface area (Å²) in [5.41, 5.74) is 6.65. The van der Waals surface area contributed by atoms with Crippen LogP contribution in [0.4, 0.5) is 0 Å². The second-order valence-electron chi connectivity index (χ2n) is 3.45. The first-order valence-corrected chi connectivity index (χ1v) is 5.55. The summed E-state index contributed by atoms with van der Waals surface area (Å²) >= 11 is 0. The molecule has 0 unspecified atom stereocenters. The lowest BCUT2D eigenvalue weighted by Gasteiger charge is -2.00. The molecular formula is C14H15NO3. The molecule has 0 aliphatic heterocycles. The van der Waals surface area contributed by atoms with Crippen LogP contribution < -0.4 is 5.73 Å². The number of primary amides is 1. The number of hydrogen-bond donors (Lipinski definition) is 1. The van der Waals surface area contributed by atoms with Crippen molar-refractivity contribution in [1.82, 2.24) is 0 Å². The molecule has 0 saturated heterocycles. The van der Waals surface area contributed by atoms with Gasteiger partial charge in [0.2, 0.25) is 5.91 Å². The average Bonchev–Trinajstić information content (AvgIpc) is 2.35. The number of nitrogens with two attached hydrogens (primary N) is 1. The zero-order valence-corrected chi connectivity index (χ0v) is 10.1. The van der Waals surface area contributed by atoms with Crippen LogP contribution in [0.15, 0.2) is 36.4 Å². The predicted molar refractivity (Wildman–Crippen MR) is 70.3 cm³/mol. The van der Waals surface area contributed by atoms with Gasteiger partial charge in [-0.2, -0.15) is 0 Å². The molecule has 1 aromatic carbocycles. The highest BCUT2D eigenvalue weighted by Gasteiger charge is 1.97. The molecule has 2 N–H and O–H groups in total. The van der Waals surface area contributed by atoms with E-state index in [4.69, 9.17) is 10.5 Å². The molecule has 0 saturated carbocycles. The normalized spacial score (nSPS) is 10.9. The number of carbonyl (C=O) groups excluding carboxylic acids is 2. The van der Waals surface area contributed by atoms with Crippen LogP contribution in [0.3, 0.4) is 0 Å². The average molecular weight is 245 g/mol. The number of rotatable bonds is 5. The number of ether oxygens (including phenoxy) is 1. The maximum atomic E-state index is 11.2. The molecule has 0 atom stereocenters. The highest BCUT2D eigenvalue weighted by Crippen LogP contribution is 2.12. The second-order valence-corrected chi connectivity index (χ2v) is 3.45. The van der Waals surface area contributed by atoms with Crippen molar-refractivity contribution in [1.29, 1.82) is 0 Å². The van der Waals surface area contributed by atoms with Crippen molar-refractivity contribution in [2.75, 3.05) is 6.61 Å². The zero-order chi connectivity index (χ0) is 13.4. The fraction of sp³-hybridized carbons (Fsp3) is 0.143. The largest absolute Gasteiger partial charge is 0.463 e. The topological polar surface area (TPSA) is 69.4 Å². The number of benzene rings is 1. The van der Waals surface area contributed by atoms with Gasteiger partial charge in [0.25, 0.3) is 0 Å². The molecule has 0 heterocycles. The first-order chi connectivity index (χ1) is 8.63. The van der Waals surface area contributed by atoms with Crippen molar-refractivity contribution in [3.8, 4) is 0 Å². The Kier molecular flexibility index (Phi) is 5.38. The molecule has 1 rings (SSSR count). The molecule has 0 aromatic heterocycles. The number of amides is 1. The first-order valence-electron chi connectivity index (χ1n) is 5.55. The zero-order valence-electron chi connectivity index (χ0n) is 10.1. The second kappa shape index (κ2) is 7.06. The van der Waals surface area contributed by atoms with E-state index in [0.717, 1.165) is 11.1 Å². The van der Waals surface area contributed by atoms with Crippen LogP contribution in [0.2, 0.25) is 0 Å². The van der Waals surface area contributed by atoms with Gasteiger partial charge >= 0.3 is 5.97 Å². The molecule has 0 aliphatic carbocycles. The highest BCUT2D eigenvalue weighted by atomic mass is 16.5. The van der Waals surface area contributed by atoms with Gasteiger partial charge in [-0.3, -0.25) is 4.79 Å². The summed E-state index contributed by atoms with van der Waals surface area (Å²) in [7, 11) is 0. The predicted octanol–water partition coefficient (Wildman–Crippen LogP) is 1.76. The van der Waals surface area contributed by atoms with Gasteiger partial charge in [0.1, 0.15) is 0 Å². The Hall–Kier alpha value is -2.36. The molecule has 4 nitrogen and oxygen atoms in total. The van der Waals surface area contributed by atoms with Gasteiger partial charge in [0.15, 0.2) is 0 Å². The minimum absolute atomic E-state index is 0.340. The quantitative estimate of drug-likeness (QED) is 0.634. The Labute approximate surface area is 106 Å². The molecule has 94 valence electrons. The van der Waals surface area contributed by atoms with Crippen molar-refractivity contribution >= 4 is 24.0 Å². The summed E-state index contributed by atoms with van der Waals surface area (Å²) in [5.74, 6) is -0.912. The minimum atomic E-state index is -0.515. The summed E-state index contributed by atoms with van der Waals surface area (Å²) in [6.45, 7) is 2.09. The summed E-state index contributed by atoms with van der Waals surface area (Å²) < 4.78 is 4.78. The van der Waals surface area contributed by atoms with Crippen LogP contribution >= 0.6 is 0 Å². The lowest BCUT2D eigenvalue weighted by molar-refractivity contribution is -0.137. The molecular weight excluding hydrogens is 230 g/mol. The summed E-state index contributed by atoms with van der Waals surface area (Å²) in [6, 6.07) is 7.33. The van der Waals surface area contributed by atoms with Crippen molar-refractivity contribution < 1.29 is 14.3 Å². The van der Waals surface area contributed by atoms with E-state index in [1.165, 1.54) is 12.2 Å². The Morgan fingerprint density at radius 3 is 2.22 bits per heavy atom. The Morgan fingerprint density at radius 2 is 1.72 bits per heavy atom. The van der Waals surface area contributed by atoms with E-state index in [-0.39, 0.29) is 0 Å². The van der Waals surface area contributed by atoms with E-state index in [9.17, 15) is 9.59 Å².